The van der Waals surface area contributed by atoms with Crippen molar-refractivity contribution in [2.75, 3.05) is 45.5 Å². The quantitative estimate of drug-likeness (QED) is 0.699. The van der Waals surface area contributed by atoms with Gasteiger partial charge in [0.15, 0.2) is 0 Å². The van der Waals surface area contributed by atoms with Crippen molar-refractivity contribution < 1.29 is 4.79 Å². The van der Waals surface area contributed by atoms with Crippen LogP contribution in [0.3, 0.4) is 0 Å². The number of anilines is 1. The molecule has 1 heterocycles. The molecule has 0 aromatic heterocycles. The number of rotatable bonds is 6. The summed E-state index contributed by atoms with van der Waals surface area (Å²) in [4.78, 5) is 17.6. The van der Waals surface area contributed by atoms with E-state index in [1.807, 2.05) is 54.6 Å². The number of carbonyl (C=O) groups excluding carboxylic acids is 1. The molecule has 28 heavy (non-hydrogen) atoms. The SMILES string of the molecule is CN1CCN(C(C(=O)NCCc2ccc(N)cc2)c2ccccc2)CC1.Cl.Cl. The number of nitrogens with two attached hydrogens (primary N) is 1. The van der Waals surface area contributed by atoms with Gasteiger partial charge < -0.3 is 16.0 Å². The van der Waals surface area contributed by atoms with Crippen molar-refractivity contribution in [1.82, 2.24) is 15.1 Å². The molecule has 1 aliphatic heterocycles. The molecule has 1 saturated heterocycles. The van der Waals surface area contributed by atoms with Crippen molar-refractivity contribution in [1.29, 1.82) is 0 Å². The minimum Gasteiger partial charge on any atom is -0.399 e. The van der Waals surface area contributed by atoms with E-state index in [4.69, 9.17) is 5.73 Å². The fourth-order valence-corrected chi connectivity index (χ4v) is 3.35. The van der Waals surface area contributed by atoms with E-state index >= 15 is 0 Å². The topological polar surface area (TPSA) is 61.6 Å². The number of hydrogen-bond donors (Lipinski definition) is 2. The average Bonchev–Trinajstić information content (AvgIpc) is 2.66. The standard InChI is InChI=1S/C21H28N4O.2ClH/c1-24-13-15-25(16-14-24)20(18-5-3-2-4-6-18)21(26)23-12-11-17-7-9-19(22)10-8-17;;/h2-10,20H,11-16,22H2,1H3,(H,23,26);2*1H. The van der Waals surface area contributed by atoms with Gasteiger partial charge in [0.1, 0.15) is 6.04 Å². The summed E-state index contributed by atoms with van der Waals surface area (Å²) in [6.45, 7) is 4.41. The largest absolute Gasteiger partial charge is 0.399 e. The molecule has 1 fully saturated rings. The lowest BCUT2D eigenvalue weighted by Gasteiger charge is -2.37. The maximum absolute atomic E-state index is 13.0. The van der Waals surface area contributed by atoms with Gasteiger partial charge in [-0.15, -0.1) is 24.8 Å². The zero-order valence-electron chi connectivity index (χ0n) is 16.2. The first-order chi connectivity index (χ1) is 12.6. The Hall–Kier alpha value is -1.79. The molecule has 5 nitrogen and oxygen atoms in total. The summed E-state index contributed by atoms with van der Waals surface area (Å²) < 4.78 is 0. The Morgan fingerprint density at radius 3 is 2.21 bits per heavy atom. The second kappa shape index (κ2) is 11.9. The third-order valence-corrected chi connectivity index (χ3v) is 4.96. The minimum absolute atomic E-state index is 0. The molecule has 1 amide bonds. The number of nitrogens with zero attached hydrogens (tertiary/aromatic N) is 2. The lowest BCUT2D eigenvalue weighted by molar-refractivity contribution is -0.127. The molecule has 154 valence electrons. The summed E-state index contributed by atoms with van der Waals surface area (Å²) in [5, 5.41) is 3.13. The molecule has 1 atom stereocenters. The smallest absolute Gasteiger partial charge is 0.241 e. The summed E-state index contributed by atoms with van der Waals surface area (Å²) in [6, 6.07) is 17.7. The van der Waals surface area contributed by atoms with Crippen molar-refractivity contribution in [2.24, 2.45) is 0 Å². The van der Waals surface area contributed by atoms with Crippen LogP contribution in [0.15, 0.2) is 54.6 Å². The predicted molar refractivity (Wildman–Crippen MR) is 120 cm³/mol. The Morgan fingerprint density at radius 2 is 1.61 bits per heavy atom. The van der Waals surface area contributed by atoms with Gasteiger partial charge in [-0.3, -0.25) is 9.69 Å². The Balaban J connectivity index is 0.00000196. The first kappa shape index (κ1) is 24.2. The first-order valence-corrected chi connectivity index (χ1v) is 9.23. The van der Waals surface area contributed by atoms with Gasteiger partial charge in [0.05, 0.1) is 0 Å². The lowest BCUT2D eigenvalue weighted by atomic mass is 10.0. The van der Waals surface area contributed by atoms with E-state index in [9.17, 15) is 4.79 Å². The van der Waals surface area contributed by atoms with Crippen LogP contribution in [-0.4, -0.2) is 55.5 Å². The fourth-order valence-electron chi connectivity index (χ4n) is 3.35. The summed E-state index contributed by atoms with van der Waals surface area (Å²) in [6.07, 6.45) is 0.802. The molecule has 2 aromatic carbocycles. The van der Waals surface area contributed by atoms with Crippen LogP contribution in [0.25, 0.3) is 0 Å². The van der Waals surface area contributed by atoms with E-state index in [-0.39, 0.29) is 36.8 Å². The molecule has 7 heteroatoms. The Labute approximate surface area is 180 Å². The molecule has 0 aliphatic carbocycles. The number of piperazine rings is 1. The second-order valence-electron chi connectivity index (χ2n) is 6.94. The van der Waals surface area contributed by atoms with Crippen molar-refractivity contribution >= 4 is 36.4 Å². The van der Waals surface area contributed by atoms with E-state index in [1.165, 1.54) is 5.56 Å². The van der Waals surface area contributed by atoms with Crippen LogP contribution >= 0.6 is 24.8 Å². The molecule has 0 radical (unpaired) electrons. The Kier molecular flexibility index (Phi) is 10.3. The van der Waals surface area contributed by atoms with E-state index in [1.54, 1.807) is 0 Å². The highest BCUT2D eigenvalue weighted by Crippen LogP contribution is 2.22. The lowest BCUT2D eigenvalue weighted by Crippen LogP contribution is -2.50. The van der Waals surface area contributed by atoms with Gasteiger partial charge in [0.2, 0.25) is 5.91 Å². The van der Waals surface area contributed by atoms with E-state index in [0.29, 0.717) is 6.54 Å². The van der Waals surface area contributed by atoms with E-state index < -0.39 is 0 Å². The van der Waals surface area contributed by atoms with E-state index in [0.717, 1.165) is 43.9 Å². The third kappa shape index (κ3) is 6.67. The molecule has 1 unspecified atom stereocenters. The summed E-state index contributed by atoms with van der Waals surface area (Å²) in [5.74, 6) is 0.0798. The number of nitrogens with one attached hydrogen (secondary N) is 1. The van der Waals surface area contributed by atoms with Crippen LogP contribution in [0.2, 0.25) is 0 Å². The van der Waals surface area contributed by atoms with Gasteiger partial charge in [0, 0.05) is 38.4 Å². The van der Waals surface area contributed by atoms with Crippen LogP contribution in [-0.2, 0) is 11.2 Å². The highest BCUT2D eigenvalue weighted by molar-refractivity contribution is 5.85. The molecular weight excluding hydrogens is 395 g/mol. The number of amides is 1. The second-order valence-corrected chi connectivity index (χ2v) is 6.94. The zero-order valence-corrected chi connectivity index (χ0v) is 17.8. The summed E-state index contributed by atoms with van der Waals surface area (Å²) in [5.41, 5.74) is 8.72. The Bertz CT molecular complexity index is 704. The number of benzene rings is 2. The third-order valence-electron chi connectivity index (χ3n) is 4.96. The molecule has 0 saturated carbocycles. The molecule has 3 N–H and O–H groups in total. The summed E-state index contributed by atoms with van der Waals surface area (Å²) >= 11 is 0. The van der Waals surface area contributed by atoms with Gasteiger partial charge in [-0.2, -0.15) is 0 Å². The van der Waals surface area contributed by atoms with E-state index in [2.05, 4.69) is 22.2 Å². The maximum Gasteiger partial charge on any atom is 0.241 e. The van der Waals surface area contributed by atoms with Crippen LogP contribution in [0.4, 0.5) is 5.69 Å². The van der Waals surface area contributed by atoms with Gasteiger partial charge in [-0.1, -0.05) is 42.5 Å². The molecular formula is C21H30Cl2N4O. The minimum atomic E-state index is -0.226. The number of hydrogen-bond acceptors (Lipinski definition) is 4. The highest BCUT2D eigenvalue weighted by Gasteiger charge is 2.29. The van der Waals surface area contributed by atoms with Gasteiger partial charge in [-0.25, -0.2) is 0 Å². The molecule has 3 rings (SSSR count). The van der Waals surface area contributed by atoms with Crippen LogP contribution in [0.5, 0.6) is 0 Å². The zero-order chi connectivity index (χ0) is 18.4. The number of carbonyl (C=O) groups is 1. The maximum atomic E-state index is 13.0. The fraction of sp³-hybridized carbons (Fsp3) is 0.381. The number of nitrogen functional groups attached to an aromatic ring is 1. The number of halogens is 2. The molecule has 1 aliphatic rings. The molecule has 2 aromatic rings. The predicted octanol–water partition coefficient (Wildman–Crippen LogP) is 2.76. The number of likely N-dealkylation sites (N-methyl/N-ethyl adjacent to an activating group) is 1. The van der Waals surface area contributed by atoms with Gasteiger partial charge in [0.25, 0.3) is 0 Å². The Morgan fingerprint density at radius 1 is 1.00 bits per heavy atom. The normalized spacial score (nSPS) is 15.8. The highest BCUT2D eigenvalue weighted by atomic mass is 35.5. The van der Waals surface area contributed by atoms with Crippen molar-refractivity contribution in [3.05, 3.63) is 65.7 Å². The molecule has 0 spiro atoms. The monoisotopic (exact) mass is 424 g/mol. The van der Waals surface area contributed by atoms with Crippen LogP contribution < -0.4 is 11.1 Å². The van der Waals surface area contributed by atoms with Crippen molar-refractivity contribution in [3.63, 3.8) is 0 Å². The summed E-state index contributed by atoms with van der Waals surface area (Å²) in [7, 11) is 2.13. The first-order valence-electron chi connectivity index (χ1n) is 9.23. The average molecular weight is 425 g/mol. The van der Waals surface area contributed by atoms with Gasteiger partial charge in [-0.05, 0) is 36.7 Å². The van der Waals surface area contributed by atoms with Crippen LogP contribution in [0.1, 0.15) is 17.2 Å². The van der Waals surface area contributed by atoms with Crippen molar-refractivity contribution in [3.8, 4) is 0 Å². The van der Waals surface area contributed by atoms with Crippen LogP contribution in [0, 0.1) is 0 Å². The van der Waals surface area contributed by atoms with Crippen molar-refractivity contribution in [2.45, 2.75) is 12.5 Å². The van der Waals surface area contributed by atoms with Gasteiger partial charge >= 0.3 is 0 Å². The molecule has 0 bridgehead atoms.